The van der Waals surface area contributed by atoms with Gasteiger partial charge in [-0.3, -0.25) is 4.52 Å². The van der Waals surface area contributed by atoms with Crippen LogP contribution in [0.4, 0.5) is 0 Å². The van der Waals surface area contributed by atoms with Gasteiger partial charge >= 0.3 is 15.6 Å². The lowest BCUT2D eigenvalue weighted by Crippen LogP contribution is -2.35. The fourth-order valence-corrected chi connectivity index (χ4v) is 4.77. The highest BCUT2D eigenvalue weighted by molar-refractivity contribution is 7.60. The third kappa shape index (κ3) is 6.29. The van der Waals surface area contributed by atoms with Gasteiger partial charge in [-0.25, -0.2) is 19.1 Å². The van der Waals surface area contributed by atoms with E-state index in [-0.39, 0.29) is 6.61 Å². The first kappa shape index (κ1) is 21.3. The Bertz CT molecular complexity index is 883. The predicted molar refractivity (Wildman–Crippen MR) is 92.5 cm³/mol. The molecule has 0 saturated carbocycles. The summed E-state index contributed by atoms with van der Waals surface area (Å²) in [5, 5.41) is 0. The minimum absolute atomic E-state index is 0.220. The van der Waals surface area contributed by atoms with Crippen molar-refractivity contribution in [3.05, 3.63) is 39.4 Å². The molecule has 0 spiro atoms. The first-order chi connectivity index (χ1) is 12.0. The van der Waals surface area contributed by atoms with Crippen molar-refractivity contribution in [1.82, 2.24) is 9.97 Å². The van der Waals surface area contributed by atoms with Crippen LogP contribution < -0.4 is 4.57 Å². The maximum atomic E-state index is 11.4. The van der Waals surface area contributed by atoms with E-state index in [1.54, 1.807) is 6.20 Å². The largest absolute Gasteiger partial charge is 0.481 e. The van der Waals surface area contributed by atoms with Crippen LogP contribution in [0.1, 0.15) is 27.7 Å². The molecular formula is C13H20N3O7P2S+. The fraction of sp³-hybridized carbons (Fsp3) is 0.462. The molecule has 2 rings (SSSR count). The Kier molecular flexibility index (Phi) is 6.81. The zero-order chi connectivity index (χ0) is 19.5. The first-order valence-electron chi connectivity index (χ1n) is 7.46. The second kappa shape index (κ2) is 8.33. The summed E-state index contributed by atoms with van der Waals surface area (Å²) >= 11 is 1.44. The van der Waals surface area contributed by atoms with E-state index in [4.69, 9.17) is 9.79 Å². The van der Waals surface area contributed by atoms with E-state index in [0.717, 1.165) is 21.8 Å². The summed E-state index contributed by atoms with van der Waals surface area (Å²) in [5.41, 5.74) is 4.74. The lowest BCUT2D eigenvalue weighted by Gasteiger charge is -2.11. The number of phosphoric ester groups is 1. The van der Waals surface area contributed by atoms with Crippen LogP contribution in [0.5, 0.6) is 0 Å². The van der Waals surface area contributed by atoms with Crippen molar-refractivity contribution in [2.75, 3.05) is 6.61 Å². The number of thiazole rings is 1. The van der Waals surface area contributed by atoms with E-state index in [1.807, 2.05) is 30.8 Å². The molecule has 1 unspecified atom stereocenters. The van der Waals surface area contributed by atoms with Crippen molar-refractivity contribution < 1.29 is 37.2 Å². The molecule has 0 fully saturated rings. The van der Waals surface area contributed by atoms with Gasteiger partial charge in [-0.15, -0.1) is 0 Å². The van der Waals surface area contributed by atoms with Crippen LogP contribution in [0, 0.1) is 20.8 Å². The number of hydrogen-bond acceptors (Lipinski definition) is 7. The summed E-state index contributed by atoms with van der Waals surface area (Å²) in [6.07, 6.45) is 2.08. The highest BCUT2D eigenvalue weighted by Gasteiger charge is 2.32. The standard InChI is InChI=1S/C13H19N3O7P2S/c1-9-12(6-14-11(3)15-9)7-16-8-26-13(10(16)2)4-5-22-25(20,21)23-24(17,18)19/h6,8H,4-5,7H2,1-3H3,(H2-,17,18,19,20,21)/p+1. The number of rotatable bonds is 8. The molecule has 144 valence electrons. The summed E-state index contributed by atoms with van der Waals surface area (Å²) in [7, 11) is -9.91. The van der Waals surface area contributed by atoms with Gasteiger partial charge in [0.15, 0.2) is 12.2 Å². The van der Waals surface area contributed by atoms with E-state index >= 15 is 0 Å². The van der Waals surface area contributed by atoms with Gasteiger partial charge in [-0.05, 0) is 13.8 Å². The molecule has 0 radical (unpaired) electrons. The summed E-state index contributed by atoms with van der Waals surface area (Å²) in [4.78, 5) is 35.8. The topological polar surface area (TPSA) is 143 Å². The van der Waals surface area contributed by atoms with Gasteiger partial charge in [0.1, 0.15) is 5.82 Å². The summed E-state index contributed by atoms with van der Waals surface area (Å²) in [5.74, 6) is 0.710. The molecule has 0 bridgehead atoms. The molecule has 2 aromatic heterocycles. The van der Waals surface area contributed by atoms with Gasteiger partial charge in [-0.1, -0.05) is 11.3 Å². The molecule has 1 atom stereocenters. The third-order valence-electron chi connectivity index (χ3n) is 3.49. The number of nitrogens with zero attached hydrogens (tertiary/aromatic N) is 3. The van der Waals surface area contributed by atoms with Crippen LogP contribution in [-0.4, -0.2) is 31.3 Å². The van der Waals surface area contributed by atoms with E-state index in [1.165, 1.54) is 11.3 Å². The van der Waals surface area contributed by atoms with Crippen LogP contribution in [0.3, 0.4) is 0 Å². The zero-order valence-corrected chi connectivity index (χ0v) is 17.0. The Morgan fingerprint density at radius 1 is 1.23 bits per heavy atom. The number of phosphoric acid groups is 2. The van der Waals surface area contributed by atoms with Gasteiger partial charge < -0.3 is 14.7 Å². The van der Waals surface area contributed by atoms with Gasteiger partial charge in [0.05, 0.1) is 22.7 Å². The van der Waals surface area contributed by atoms with Crippen LogP contribution in [0.2, 0.25) is 0 Å². The third-order valence-corrected chi connectivity index (χ3v) is 6.82. The molecule has 26 heavy (non-hydrogen) atoms. The lowest BCUT2D eigenvalue weighted by atomic mass is 10.2. The molecule has 0 amide bonds. The SMILES string of the molecule is Cc1ncc(C[n+]2csc(CCOP(=O)(O)OP(=O)(O)O)c2C)c(C)n1. The number of hydrogen-bond donors (Lipinski definition) is 3. The molecule has 2 aromatic rings. The molecule has 0 saturated heterocycles. The average molecular weight is 424 g/mol. The van der Waals surface area contributed by atoms with Crippen LogP contribution >= 0.6 is 27.0 Å². The van der Waals surface area contributed by atoms with Crippen molar-refractivity contribution in [2.24, 2.45) is 0 Å². The molecule has 0 aliphatic rings. The van der Waals surface area contributed by atoms with Gasteiger partial charge in [0, 0.05) is 19.5 Å². The van der Waals surface area contributed by atoms with E-state index < -0.39 is 15.6 Å². The first-order valence-corrected chi connectivity index (χ1v) is 11.4. The second-order valence-electron chi connectivity index (χ2n) is 5.51. The Labute approximate surface area is 154 Å². The zero-order valence-electron chi connectivity index (χ0n) is 14.4. The number of aryl methyl sites for hydroxylation is 2. The maximum absolute atomic E-state index is 11.4. The lowest BCUT2D eigenvalue weighted by molar-refractivity contribution is -0.689. The Hall–Kier alpha value is -1.03. The summed E-state index contributed by atoms with van der Waals surface area (Å²) in [6.45, 7) is 6.02. The minimum atomic E-state index is -5.10. The molecular weight excluding hydrogens is 404 g/mol. The van der Waals surface area contributed by atoms with E-state index in [9.17, 15) is 14.0 Å². The van der Waals surface area contributed by atoms with E-state index in [0.29, 0.717) is 18.8 Å². The van der Waals surface area contributed by atoms with Crippen molar-refractivity contribution >= 4 is 27.0 Å². The Morgan fingerprint density at radius 2 is 1.92 bits per heavy atom. The normalized spacial score (nSPS) is 14.4. The quantitative estimate of drug-likeness (QED) is 0.425. The molecule has 3 N–H and O–H groups in total. The van der Waals surface area contributed by atoms with Gasteiger partial charge in [0.2, 0.25) is 5.51 Å². The molecule has 0 aliphatic heterocycles. The van der Waals surface area contributed by atoms with Crippen molar-refractivity contribution in [3.8, 4) is 0 Å². The predicted octanol–water partition coefficient (Wildman–Crippen LogP) is 1.57. The molecule has 0 aliphatic carbocycles. The molecule has 0 aromatic carbocycles. The Balaban J connectivity index is 1.98. The van der Waals surface area contributed by atoms with Gasteiger partial charge in [0.25, 0.3) is 0 Å². The average Bonchev–Trinajstić information content (AvgIpc) is 2.80. The highest BCUT2D eigenvalue weighted by atomic mass is 32.1. The van der Waals surface area contributed by atoms with Crippen LogP contribution in [-0.2, 0) is 30.9 Å². The summed E-state index contributed by atoms with van der Waals surface area (Å²) in [6, 6.07) is 0. The highest BCUT2D eigenvalue weighted by Crippen LogP contribution is 2.57. The van der Waals surface area contributed by atoms with Crippen molar-refractivity contribution in [2.45, 2.75) is 33.7 Å². The smallest absolute Gasteiger partial charge is 0.302 e. The van der Waals surface area contributed by atoms with Crippen LogP contribution in [0.25, 0.3) is 0 Å². The van der Waals surface area contributed by atoms with Crippen LogP contribution in [0.15, 0.2) is 11.7 Å². The van der Waals surface area contributed by atoms with Crippen molar-refractivity contribution in [3.63, 3.8) is 0 Å². The molecule has 13 heteroatoms. The number of aromatic nitrogens is 3. The second-order valence-corrected chi connectivity index (χ2v) is 9.28. The molecule has 2 heterocycles. The Morgan fingerprint density at radius 3 is 2.54 bits per heavy atom. The fourth-order valence-electron chi connectivity index (χ4n) is 2.21. The monoisotopic (exact) mass is 424 g/mol. The summed E-state index contributed by atoms with van der Waals surface area (Å²) < 4.78 is 32.4. The van der Waals surface area contributed by atoms with E-state index in [2.05, 4.69) is 18.8 Å². The van der Waals surface area contributed by atoms with Gasteiger partial charge in [-0.2, -0.15) is 8.88 Å². The van der Waals surface area contributed by atoms with Crippen molar-refractivity contribution in [1.29, 1.82) is 0 Å². The maximum Gasteiger partial charge on any atom is 0.481 e. The molecule has 10 nitrogen and oxygen atoms in total. The minimum Gasteiger partial charge on any atom is -0.302 e.